The summed E-state index contributed by atoms with van der Waals surface area (Å²) in [5, 5.41) is 3.50. The van der Waals surface area contributed by atoms with Gasteiger partial charge < -0.3 is 35.4 Å². The van der Waals surface area contributed by atoms with Gasteiger partial charge in [0, 0.05) is 24.8 Å². The summed E-state index contributed by atoms with van der Waals surface area (Å²) >= 11 is 0. The molecule has 0 unspecified atom stereocenters. The predicted molar refractivity (Wildman–Crippen MR) is 171 cm³/mol. The molecule has 10 nitrogen and oxygen atoms in total. The first-order valence-corrected chi connectivity index (χ1v) is 15.7. The second-order valence-corrected chi connectivity index (χ2v) is 12.1. The summed E-state index contributed by atoms with van der Waals surface area (Å²) in [6, 6.07) is 14.3. The number of nitrogens with two attached hydrogens (primary N) is 1. The fourth-order valence-electron chi connectivity index (χ4n) is 6.13. The van der Waals surface area contributed by atoms with Crippen molar-refractivity contribution in [1.29, 1.82) is 0 Å². The molecule has 3 atom stereocenters. The van der Waals surface area contributed by atoms with E-state index in [4.69, 9.17) is 15.2 Å². The molecule has 0 bridgehead atoms. The zero-order chi connectivity index (χ0) is 30.6. The maximum atomic E-state index is 13.0. The second-order valence-electron chi connectivity index (χ2n) is 12.1. The van der Waals surface area contributed by atoms with Crippen LogP contribution in [-0.2, 0) is 9.53 Å². The number of imidazole rings is 2. The SMILES string of the molecule is COCCOc1cc(-c2cnc([C@@H]3CCCN3)[nH]2)ccc1-c1ccc(-c2cnc([C@@H]3CCCN3C(=O)[C@@H](N)C(C)C)[nH]2)cc1. The molecule has 5 N–H and O–H groups in total. The number of nitrogens with one attached hydrogen (secondary N) is 3. The largest absolute Gasteiger partial charge is 0.491 e. The van der Waals surface area contributed by atoms with Gasteiger partial charge in [-0.2, -0.15) is 0 Å². The highest BCUT2D eigenvalue weighted by molar-refractivity contribution is 5.82. The topological polar surface area (TPSA) is 134 Å². The highest BCUT2D eigenvalue weighted by Crippen LogP contribution is 2.36. The number of nitrogens with zero attached hydrogens (tertiary/aromatic N) is 3. The Bertz CT molecular complexity index is 1560. The molecular weight excluding hydrogens is 554 g/mol. The van der Waals surface area contributed by atoms with E-state index in [0.717, 1.165) is 76.8 Å². The first-order chi connectivity index (χ1) is 21.4. The fourth-order valence-corrected chi connectivity index (χ4v) is 6.13. The minimum atomic E-state index is -0.499. The molecule has 0 spiro atoms. The Balaban J connectivity index is 1.21. The van der Waals surface area contributed by atoms with E-state index in [1.54, 1.807) is 7.11 Å². The highest BCUT2D eigenvalue weighted by atomic mass is 16.5. The van der Waals surface area contributed by atoms with Crippen LogP contribution in [0.15, 0.2) is 54.9 Å². The predicted octanol–water partition coefficient (Wildman–Crippen LogP) is 5.23. The first kappa shape index (κ1) is 30.1. The number of amides is 1. The van der Waals surface area contributed by atoms with Crippen molar-refractivity contribution in [3.8, 4) is 39.4 Å². The quantitative estimate of drug-likeness (QED) is 0.174. The van der Waals surface area contributed by atoms with Crippen molar-refractivity contribution in [2.75, 3.05) is 33.4 Å². The molecule has 6 rings (SSSR count). The number of likely N-dealkylation sites (tertiary alicyclic amines) is 1. The number of H-pyrrole nitrogens is 2. The zero-order valence-corrected chi connectivity index (χ0v) is 25.8. The Labute approximate surface area is 258 Å². The van der Waals surface area contributed by atoms with Gasteiger partial charge in [0.1, 0.15) is 24.0 Å². The van der Waals surface area contributed by atoms with Crippen LogP contribution in [0.3, 0.4) is 0 Å². The maximum absolute atomic E-state index is 13.0. The van der Waals surface area contributed by atoms with E-state index in [1.165, 1.54) is 6.42 Å². The minimum Gasteiger partial charge on any atom is -0.491 e. The number of rotatable bonds is 11. The second kappa shape index (κ2) is 13.3. The van der Waals surface area contributed by atoms with Gasteiger partial charge in [-0.3, -0.25) is 4.79 Å². The van der Waals surface area contributed by atoms with E-state index in [1.807, 2.05) is 31.1 Å². The molecule has 0 saturated carbocycles. The van der Waals surface area contributed by atoms with Crippen molar-refractivity contribution in [3.05, 3.63) is 66.5 Å². The lowest BCUT2D eigenvalue weighted by atomic mass is 10.00. The first-order valence-electron chi connectivity index (χ1n) is 15.7. The van der Waals surface area contributed by atoms with Crippen LogP contribution in [0.4, 0.5) is 0 Å². The van der Waals surface area contributed by atoms with Crippen molar-refractivity contribution in [1.82, 2.24) is 30.2 Å². The summed E-state index contributed by atoms with van der Waals surface area (Å²) in [6.07, 6.45) is 7.83. The lowest BCUT2D eigenvalue weighted by Crippen LogP contribution is -2.46. The fraction of sp³-hybridized carbons (Fsp3) is 0.441. The van der Waals surface area contributed by atoms with Gasteiger partial charge in [-0.15, -0.1) is 0 Å². The lowest BCUT2D eigenvalue weighted by Gasteiger charge is -2.27. The smallest absolute Gasteiger partial charge is 0.240 e. The summed E-state index contributed by atoms with van der Waals surface area (Å²) in [6.45, 7) is 6.65. The van der Waals surface area contributed by atoms with Crippen molar-refractivity contribution in [3.63, 3.8) is 0 Å². The molecule has 44 heavy (non-hydrogen) atoms. The Morgan fingerprint density at radius 2 is 1.66 bits per heavy atom. The van der Waals surface area contributed by atoms with Crippen LogP contribution in [0.5, 0.6) is 5.75 Å². The molecule has 232 valence electrons. The highest BCUT2D eigenvalue weighted by Gasteiger charge is 2.35. The Kier molecular flexibility index (Phi) is 9.11. The van der Waals surface area contributed by atoms with Crippen LogP contribution >= 0.6 is 0 Å². The van der Waals surface area contributed by atoms with Crippen LogP contribution in [0, 0.1) is 5.92 Å². The summed E-state index contributed by atoms with van der Waals surface area (Å²) in [7, 11) is 1.67. The average Bonchev–Trinajstić information content (AvgIpc) is 3.87. The van der Waals surface area contributed by atoms with Crippen LogP contribution in [0.1, 0.15) is 63.3 Å². The number of carbonyl (C=O) groups is 1. The third-order valence-corrected chi connectivity index (χ3v) is 8.78. The van der Waals surface area contributed by atoms with Gasteiger partial charge in [0.05, 0.1) is 48.5 Å². The molecule has 2 fully saturated rings. The van der Waals surface area contributed by atoms with Gasteiger partial charge in [0.15, 0.2) is 0 Å². The van der Waals surface area contributed by atoms with E-state index < -0.39 is 6.04 Å². The van der Waals surface area contributed by atoms with Crippen LogP contribution in [0.2, 0.25) is 0 Å². The zero-order valence-electron chi connectivity index (χ0n) is 25.8. The number of aromatic nitrogens is 4. The molecule has 1 amide bonds. The number of ether oxygens (including phenoxy) is 2. The standard InChI is InChI=1S/C34H43N7O3/c1-21(2)31(35)34(42)41-15-5-7-29(41)33-38-19-27(40-33)23-10-8-22(9-11-23)25-13-12-24(18-30(25)44-17-16-43-3)28-20-37-32(39-28)26-6-4-14-36-26/h8-13,18-21,26,29,31,36H,4-7,14-17,35H2,1-3H3,(H,37,39)(H,38,40)/t26-,29-,31-/m0/s1. The Morgan fingerprint density at radius 3 is 2.39 bits per heavy atom. The van der Waals surface area contributed by atoms with Gasteiger partial charge in [-0.25, -0.2) is 9.97 Å². The van der Waals surface area contributed by atoms with Gasteiger partial charge in [0.2, 0.25) is 5.91 Å². The minimum absolute atomic E-state index is 0.00173. The van der Waals surface area contributed by atoms with Gasteiger partial charge in [-0.05, 0) is 61.4 Å². The third kappa shape index (κ3) is 6.29. The van der Waals surface area contributed by atoms with Crippen LogP contribution in [-0.4, -0.2) is 70.2 Å². The molecule has 10 heteroatoms. The summed E-state index contributed by atoms with van der Waals surface area (Å²) < 4.78 is 11.5. The third-order valence-electron chi connectivity index (χ3n) is 8.78. The monoisotopic (exact) mass is 597 g/mol. The van der Waals surface area contributed by atoms with E-state index in [0.29, 0.717) is 19.8 Å². The molecule has 2 aliphatic rings. The number of hydrogen-bond acceptors (Lipinski definition) is 7. The average molecular weight is 598 g/mol. The Hall–Kier alpha value is -3.99. The van der Waals surface area contributed by atoms with Crippen molar-refractivity contribution in [2.24, 2.45) is 11.7 Å². The van der Waals surface area contributed by atoms with Crippen LogP contribution in [0.25, 0.3) is 33.6 Å². The Morgan fingerprint density at radius 1 is 0.955 bits per heavy atom. The number of benzene rings is 2. The van der Waals surface area contributed by atoms with Gasteiger partial charge >= 0.3 is 0 Å². The maximum Gasteiger partial charge on any atom is 0.240 e. The normalized spacial score (nSPS) is 19.2. The number of aromatic amines is 2. The van der Waals surface area contributed by atoms with Crippen molar-refractivity contribution >= 4 is 5.91 Å². The molecular formula is C34H43N7O3. The van der Waals surface area contributed by atoms with Crippen LogP contribution < -0.4 is 15.8 Å². The molecule has 4 heterocycles. The van der Waals surface area contributed by atoms with Gasteiger partial charge in [0.25, 0.3) is 0 Å². The molecule has 2 aliphatic heterocycles. The van der Waals surface area contributed by atoms with E-state index >= 15 is 0 Å². The number of carbonyl (C=O) groups excluding carboxylic acids is 1. The number of methoxy groups -OCH3 is 1. The number of hydrogen-bond donors (Lipinski definition) is 4. The van der Waals surface area contributed by atoms with Crippen molar-refractivity contribution < 1.29 is 14.3 Å². The lowest BCUT2D eigenvalue weighted by molar-refractivity contribution is -0.134. The molecule has 0 aliphatic carbocycles. The van der Waals surface area contributed by atoms with E-state index in [9.17, 15) is 4.79 Å². The molecule has 4 aromatic rings. The molecule has 2 aromatic heterocycles. The summed E-state index contributed by atoms with van der Waals surface area (Å²) in [5.74, 6) is 2.66. The molecule has 2 aromatic carbocycles. The van der Waals surface area contributed by atoms with Crippen molar-refractivity contribution in [2.45, 2.75) is 57.7 Å². The summed E-state index contributed by atoms with van der Waals surface area (Å²) in [5.41, 5.74) is 12.2. The van der Waals surface area contributed by atoms with E-state index in [-0.39, 0.29) is 23.9 Å². The summed E-state index contributed by atoms with van der Waals surface area (Å²) in [4.78, 5) is 31.2. The van der Waals surface area contributed by atoms with Gasteiger partial charge in [-0.1, -0.05) is 44.2 Å². The molecule has 0 radical (unpaired) electrons. The molecule has 2 saturated heterocycles. The van der Waals surface area contributed by atoms with E-state index in [2.05, 4.69) is 67.7 Å².